The minimum Gasteiger partial charge on any atom is -0.476 e. The lowest BCUT2D eigenvalue weighted by molar-refractivity contribution is -0.133. The van der Waals surface area contributed by atoms with Crippen LogP contribution in [0, 0.1) is 11.8 Å². The van der Waals surface area contributed by atoms with Crippen molar-refractivity contribution in [2.45, 2.75) is 71.6 Å². The Balaban J connectivity index is 1.52. The lowest BCUT2D eigenvalue weighted by atomic mass is 9.88. The topological polar surface area (TPSA) is 109 Å². The number of hydrogen-bond acceptors (Lipinski definition) is 7. The minimum absolute atomic E-state index is 0.00839. The van der Waals surface area contributed by atoms with Crippen LogP contribution in [0.15, 0.2) is 18.2 Å². The first kappa shape index (κ1) is 29.3. The highest BCUT2D eigenvalue weighted by Crippen LogP contribution is 2.42. The predicted octanol–water partition coefficient (Wildman–Crippen LogP) is 2.49. The molecule has 1 aliphatic carbocycles. The maximum absolute atomic E-state index is 13.9. The van der Waals surface area contributed by atoms with Gasteiger partial charge in [-0.2, -0.15) is 0 Å². The average Bonchev–Trinajstić information content (AvgIpc) is 3.75. The van der Waals surface area contributed by atoms with Gasteiger partial charge in [0.05, 0.1) is 30.7 Å². The fourth-order valence-electron chi connectivity index (χ4n) is 5.30. The molecule has 0 aromatic heterocycles. The molecule has 216 valence electrons. The highest BCUT2D eigenvalue weighted by Gasteiger charge is 2.43. The summed E-state index contributed by atoms with van der Waals surface area (Å²) in [6.07, 6.45) is 2.35. The summed E-state index contributed by atoms with van der Waals surface area (Å²) in [5, 5.41) is 6.32. The molecular weight excluding hydrogens is 500 g/mol. The first-order valence-corrected chi connectivity index (χ1v) is 14.3. The molecule has 1 aromatic carbocycles. The van der Waals surface area contributed by atoms with E-state index in [1.54, 1.807) is 18.7 Å². The second kappa shape index (κ2) is 12.7. The third-order valence-electron chi connectivity index (χ3n) is 7.48. The summed E-state index contributed by atoms with van der Waals surface area (Å²) in [6.45, 7) is 12.8. The molecule has 3 amide bonds. The van der Waals surface area contributed by atoms with E-state index < -0.39 is 5.60 Å². The van der Waals surface area contributed by atoms with Crippen LogP contribution in [-0.2, 0) is 23.9 Å². The molecule has 1 saturated heterocycles. The van der Waals surface area contributed by atoms with Crippen LogP contribution in [-0.4, -0.2) is 81.5 Å². The van der Waals surface area contributed by atoms with Crippen molar-refractivity contribution >= 4 is 29.1 Å². The number of piperidine rings is 1. The summed E-state index contributed by atoms with van der Waals surface area (Å²) in [4.78, 5) is 43.7. The Morgan fingerprint density at radius 3 is 2.59 bits per heavy atom. The molecule has 10 heteroatoms. The van der Waals surface area contributed by atoms with Crippen LogP contribution in [0.4, 0.5) is 11.4 Å². The quantitative estimate of drug-likeness (QED) is 0.389. The Morgan fingerprint density at radius 1 is 1.18 bits per heavy atom. The van der Waals surface area contributed by atoms with Gasteiger partial charge in [0.2, 0.25) is 11.8 Å². The van der Waals surface area contributed by atoms with E-state index in [2.05, 4.69) is 10.6 Å². The number of anilines is 2. The number of nitrogens with one attached hydrogen (secondary N) is 2. The van der Waals surface area contributed by atoms with Crippen LogP contribution in [0.3, 0.4) is 0 Å². The van der Waals surface area contributed by atoms with Crippen molar-refractivity contribution in [3.05, 3.63) is 18.2 Å². The number of benzene rings is 1. The third-order valence-corrected chi connectivity index (χ3v) is 7.48. The summed E-state index contributed by atoms with van der Waals surface area (Å²) in [7, 11) is 0. The molecule has 3 atom stereocenters. The van der Waals surface area contributed by atoms with Gasteiger partial charge in [0.1, 0.15) is 5.75 Å². The zero-order chi connectivity index (χ0) is 28.2. The summed E-state index contributed by atoms with van der Waals surface area (Å²) >= 11 is 0. The van der Waals surface area contributed by atoms with Crippen LogP contribution in [0.5, 0.6) is 5.75 Å². The monoisotopic (exact) mass is 544 g/mol. The number of ether oxygens (including phenoxy) is 3. The standard InChI is InChI=1S/C29H44N4O6/c1-6-37-13-12-32-24-15-23(10-11-25(24)39-29(4,5)28(32)36)33(22-8-9-22)27(35)21-14-20(16-30-17-21)26(34)31-19(3)18-38-7-2/h10-11,15,19-22,30H,6-9,12-14,16-18H2,1-5H3,(H,31,34)/t19-,20?,21-/m1/s1. The summed E-state index contributed by atoms with van der Waals surface area (Å²) in [6, 6.07) is 5.67. The minimum atomic E-state index is -0.990. The fraction of sp³-hybridized carbons (Fsp3) is 0.690. The smallest absolute Gasteiger partial charge is 0.270 e. The van der Waals surface area contributed by atoms with Crippen molar-refractivity contribution in [2.24, 2.45) is 11.8 Å². The first-order valence-electron chi connectivity index (χ1n) is 14.3. The molecule has 4 rings (SSSR count). The second-order valence-corrected chi connectivity index (χ2v) is 11.2. The largest absolute Gasteiger partial charge is 0.476 e. The Labute approximate surface area is 231 Å². The molecule has 0 radical (unpaired) electrons. The van der Waals surface area contributed by atoms with Gasteiger partial charge in [-0.15, -0.1) is 0 Å². The van der Waals surface area contributed by atoms with Crippen molar-refractivity contribution in [3.63, 3.8) is 0 Å². The van der Waals surface area contributed by atoms with Crippen LogP contribution in [0.2, 0.25) is 0 Å². The fourth-order valence-corrected chi connectivity index (χ4v) is 5.30. The SMILES string of the molecule is CCOCCN1C(=O)C(C)(C)Oc2ccc(N(C(=O)[C@H]3CNCC(C(=O)N[C@H](C)COCC)C3)C3CC3)cc21. The van der Waals surface area contributed by atoms with Gasteiger partial charge >= 0.3 is 0 Å². The number of nitrogens with zero attached hydrogens (tertiary/aromatic N) is 2. The number of fused-ring (bicyclic) bond motifs is 1. The van der Waals surface area contributed by atoms with E-state index >= 15 is 0 Å². The van der Waals surface area contributed by atoms with Gasteiger partial charge in [0, 0.05) is 50.6 Å². The van der Waals surface area contributed by atoms with Crippen LogP contribution in [0.1, 0.15) is 53.9 Å². The second-order valence-electron chi connectivity index (χ2n) is 11.2. The Hall–Kier alpha value is -2.69. The third kappa shape index (κ3) is 6.91. The Morgan fingerprint density at radius 2 is 1.90 bits per heavy atom. The van der Waals surface area contributed by atoms with Gasteiger partial charge in [-0.3, -0.25) is 14.4 Å². The molecule has 1 saturated carbocycles. The number of carbonyl (C=O) groups is 3. The van der Waals surface area contributed by atoms with Crippen LogP contribution in [0.25, 0.3) is 0 Å². The average molecular weight is 545 g/mol. The molecule has 2 N–H and O–H groups in total. The summed E-state index contributed by atoms with van der Waals surface area (Å²) < 4.78 is 17.0. The van der Waals surface area contributed by atoms with Gasteiger partial charge in [-0.25, -0.2) is 0 Å². The van der Waals surface area contributed by atoms with Crippen molar-refractivity contribution in [3.8, 4) is 5.75 Å². The lowest BCUT2D eigenvalue weighted by Crippen LogP contribution is -2.53. The molecule has 2 aliphatic heterocycles. The molecule has 39 heavy (non-hydrogen) atoms. The summed E-state index contributed by atoms with van der Waals surface area (Å²) in [5.41, 5.74) is 0.406. The van der Waals surface area contributed by atoms with Crippen molar-refractivity contribution in [1.82, 2.24) is 10.6 Å². The van der Waals surface area contributed by atoms with E-state index in [1.807, 2.05) is 43.9 Å². The van der Waals surface area contributed by atoms with Gasteiger partial charge in [-0.05, 0) is 72.1 Å². The first-order chi connectivity index (χ1) is 18.7. The zero-order valence-corrected chi connectivity index (χ0v) is 24.0. The molecule has 0 spiro atoms. The van der Waals surface area contributed by atoms with Crippen molar-refractivity contribution < 1.29 is 28.6 Å². The Bertz CT molecular complexity index is 1040. The molecule has 2 fully saturated rings. The summed E-state index contributed by atoms with van der Waals surface area (Å²) in [5.74, 6) is -0.181. The van der Waals surface area contributed by atoms with E-state index in [-0.39, 0.29) is 41.6 Å². The van der Waals surface area contributed by atoms with E-state index in [4.69, 9.17) is 14.2 Å². The van der Waals surface area contributed by atoms with Crippen molar-refractivity contribution in [2.75, 3.05) is 55.9 Å². The number of amides is 3. The zero-order valence-electron chi connectivity index (χ0n) is 24.0. The molecular formula is C29H44N4O6. The molecule has 10 nitrogen and oxygen atoms in total. The maximum Gasteiger partial charge on any atom is 0.270 e. The molecule has 0 bridgehead atoms. The molecule has 1 unspecified atom stereocenters. The molecule has 3 aliphatic rings. The Kier molecular flexibility index (Phi) is 9.51. The predicted molar refractivity (Wildman–Crippen MR) is 149 cm³/mol. The van der Waals surface area contributed by atoms with Gasteiger partial charge in [-0.1, -0.05) is 0 Å². The van der Waals surface area contributed by atoms with E-state index in [1.165, 1.54) is 0 Å². The number of rotatable bonds is 12. The lowest BCUT2D eigenvalue weighted by Gasteiger charge is -2.39. The highest BCUT2D eigenvalue weighted by atomic mass is 16.5. The van der Waals surface area contributed by atoms with E-state index in [0.29, 0.717) is 63.9 Å². The highest BCUT2D eigenvalue weighted by molar-refractivity contribution is 6.04. The number of hydrogen-bond donors (Lipinski definition) is 2. The van der Waals surface area contributed by atoms with Gasteiger partial charge < -0.3 is 34.6 Å². The van der Waals surface area contributed by atoms with Crippen molar-refractivity contribution in [1.29, 1.82) is 0 Å². The van der Waals surface area contributed by atoms with E-state index in [9.17, 15) is 14.4 Å². The number of carbonyl (C=O) groups excluding carboxylic acids is 3. The van der Waals surface area contributed by atoms with Gasteiger partial charge in [0.15, 0.2) is 5.60 Å². The normalized spacial score (nSPS) is 23.0. The molecule has 2 heterocycles. The van der Waals surface area contributed by atoms with Gasteiger partial charge in [0.25, 0.3) is 5.91 Å². The molecule has 1 aromatic rings. The van der Waals surface area contributed by atoms with E-state index in [0.717, 1.165) is 18.5 Å². The van der Waals surface area contributed by atoms with Crippen LogP contribution < -0.4 is 25.2 Å². The van der Waals surface area contributed by atoms with Crippen LogP contribution >= 0.6 is 0 Å². The maximum atomic E-state index is 13.9.